The van der Waals surface area contributed by atoms with E-state index in [0.717, 1.165) is 23.6 Å². The predicted octanol–water partition coefficient (Wildman–Crippen LogP) is 4.59. The van der Waals surface area contributed by atoms with Crippen LogP contribution in [0.25, 0.3) is 11.1 Å². The van der Waals surface area contributed by atoms with E-state index in [1.807, 2.05) is 54.6 Å². The lowest BCUT2D eigenvalue weighted by molar-refractivity contribution is -0.247. The van der Waals surface area contributed by atoms with Crippen molar-refractivity contribution in [3.8, 4) is 11.1 Å². The predicted molar refractivity (Wildman–Crippen MR) is 133 cm³/mol. The number of carbonyl (C=O) groups is 4. The Labute approximate surface area is 211 Å². The molecule has 0 aromatic heterocycles. The fourth-order valence-corrected chi connectivity index (χ4v) is 3.83. The van der Waals surface area contributed by atoms with Gasteiger partial charge in [-0.2, -0.15) is 0 Å². The van der Waals surface area contributed by atoms with Crippen LogP contribution in [-0.2, 0) is 35.0 Å². The Kier molecular flexibility index (Phi) is 7.57. The molecule has 0 unspecified atom stereocenters. The third kappa shape index (κ3) is 6.30. The van der Waals surface area contributed by atoms with Crippen molar-refractivity contribution in [3.63, 3.8) is 0 Å². The molecule has 2 aromatic carbocycles. The Morgan fingerprint density at radius 2 is 1.42 bits per heavy atom. The van der Waals surface area contributed by atoms with Crippen LogP contribution in [0.5, 0.6) is 0 Å². The molecule has 0 aliphatic carbocycles. The zero-order valence-corrected chi connectivity index (χ0v) is 21.5. The number of ketones is 1. The van der Waals surface area contributed by atoms with Crippen LogP contribution in [0.2, 0.25) is 0 Å². The number of esters is 2. The van der Waals surface area contributed by atoms with Gasteiger partial charge in [0, 0.05) is 13.8 Å². The van der Waals surface area contributed by atoms with E-state index in [9.17, 15) is 19.2 Å². The van der Waals surface area contributed by atoms with E-state index in [1.54, 1.807) is 20.8 Å². The standard InChI is InChI=1S/C28H33NO7/c1-26(2,3)36-25(33)29-21(22(30)28(6)23(31)34-27(4,5)35-24(28)32)17-14-18-12-15-20(16-13-18)19-10-8-7-9-11-19/h7-13,15-16,21H,14,17H2,1-6H3,(H,29,33)/t21-/m1/s1. The topological polar surface area (TPSA) is 108 Å². The minimum absolute atomic E-state index is 0.127. The summed E-state index contributed by atoms with van der Waals surface area (Å²) in [6.45, 7) is 9.04. The highest BCUT2D eigenvalue weighted by molar-refractivity contribution is 6.22. The van der Waals surface area contributed by atoms with Gasteiger partial charge in [0.25, 0.3) is 5.79 Å². The van der Waals surface area contributed by atoms with Crippen molar-refractivity contribution >= 4 is 23.8 Å². The van der Waals surface area contributed by atoms with Gasteiger partial charge in [0.15, 0.2) is 5.78 Å². The molecular formula is C28H33NO7. The molecule has 1 heterocycles. The van der Waals surface area contributed by atoms with Crippen LogP contribution < -0.4 is 5.32 Å². The SMILES string of the molecule is CC(C)(C)OC(=O)N[C@H](CCc1ccc(-c2ccccc2)cc1)C(=O)C1(C)C(=O)OC(C)(C)OC1=O. The summed E-state index contributed by atoms with van der Waals surface area (Å²) in [5.41, 5.74) is 0.0163. The number of ether oxygens (including phenoxy) is 3. The maximum atomic E-state index is 13.5. The normalized spacial score (nSPS) is 17.4. The summed E-state index contributed by atoms with van der Waals surface area (Å²) in [4.78, 5) is 51.6. The molecule has 3 rings (SSSR count). The zero-order chi connectivity index (χ0) is 26.7. The third-order valence-electron chi connectivity index (χ3n) is 5.78. The van der Waals surface area contributed by atoms with Crippen LogP contribution in [0.15, 0.2) is 54.6 Å². The summed E-state index contributed by atoms with van der Waals surface area (Å²) in [5, 5.41) is 2.54. The molecular weight excluding hydrogens is 462 g/mol. The Morgan fingerprint density at radius 3 is 1.94 bits per heavy atom. The summed E-state index contributed by atoms with van der Waals surface area (Å²) in [7, 11) is 0. The van der Waals surface area contributed by atoms with Crippen molar-refractivity contribution in [3.05, 3.63) is 60.2 Å². The molecule has 1 atom stereocenters. The second-order valence-corrected chi connectivity index (χ2v) is 10.5. The number of Topliss-reactive ketones (excluding diaryl/α,β-unsaturated/α-hetero) is 1. The highest BCUT2D eigenvalue weighted by atomic mass is 16.7. The monoisotopic (exact) mass is 495 g/mol. The van der Waals surface area contributed by atoms with Gasteiger partial charge in [-0.15, -0.1) is 0 Å². The number of aryl methyl sites for hydroxylation is 1. The van der Waals surface area contributed by atoms with Crippen molar-refractivity contribution in [1.29, 1.82) is 0 Å². The molecule has 36 heavy (non-hydrogen) atoms. The van der Waals surface area contributed by atoms with Crippen molar-refractivity contribution in [2.45, 2.75) is 71.8 Å². The zero-order valence-electron chi connectivity index (χ0n) is 21.5. The number of cyclic esters (lactones) is 2. The lowest BCUT2D eigenvalue weighted by Crippen LogP contribution is -2.60. The Balaban J connectivity index is 1.81. The summed E-state index contributed by atoms with van der Waals surface area (Å²) >= 11 is 0. The number of hydrogen-bond donors (Lipinski definition) is 1. The minimum Gasteiger partial charge on any atom is -0.444 e. The first-order valence-electron chi connectivity index (χ1n) is 11.9. The number of amides is 1. The number of nitrogens with one attached hydrogen (secondary N) is 1. The van der Waals surface area contributed by atoms with E-state index >= 15 is 0 Å². The van der Waals surface area contributed by atoms with Gasteiger partial charge in [0.2, 0.25) is 5.41 Å². The molecule has 8 heteroatoms. The van der Waals surface area contributed by atoms with Crippen molar-refractivity contribution in [2.75, 3.05) is 0 Å². The first kappa shape index (κ1) is 26.9. The van der Waals surface area contributed by atoms with Crippen LogP contribution >= 0.6 is 0 Å². The fourth-order valence-electron chi connectivity index (χ4n) is 3.83. The lowest BCUT2D eigenvalue weighted by atomic mass is 9.79. The molecule has 8 nitrogen and oxygen atoms in total. The molecule has 0 saturated carbocycles. The van der Waals surface area contributed by atoms with E-state index in [4.69, 9.17) is 14.2 Å². The molecule has 192 valence electrons. The average Bonchev–Trinajstić information content (AvgIpc) is 2.79. The van der Waals surface area contributed by atoms with E-state index in [-0.39, 0.29) is 6.42 Å². The number of carbonyl (C=O) groups excluding carboxylic acids is 4. The lowest BCUT2D eigenvalue weighted by Gasteiger charge is -2.38. The molecule has 1 aliphatic heterocycles. The molecule has 1 saturated heterocycles. The van der Waals surface area contributed by atoms with E-state index in [1.165, 1.54) is 13.8 Å². The summed E-state index contributed by atoms with van der Waals surface area (Å²) < 4.78 is 15.7. The Morgan fingerprint density at radius 1 is 0.889 bits per heavy atom. The van der Waals surface area contributed by atoms with E-state index in [2.05, 4.69) is 5.32 Å². The van der Waals surface area contributed by atoms with Crippen LogP contribution in [-0.4, -0.2) is 41.2 Å². The maximum absolute atomic E-state index is 13.5. The van der Waals surface area contributed by atoms with Gasteiger partial charge >= 0.3 is 18.0 Å². The largest absolute Gasteiger partial charge is 0.444 e. The first-order valence-corrected chi connectivity index (χ1v) is 11.9. The summed E-state index contributed by atoms with van der Waals surface area (Å²) in [6.07, 6.45) is -0.309. The highest BCUT2D eigenvalue weighted by Crippen LogP contribution is 2.34. The fraction of sp³-hybridized carbons (Fsp3) is 0.429. The Bertz CT molecular complexity index is 1110. The van der Waals surface area contributed by atoms with Crippen molar-refractivity contribution in [1.82, 2.24) is 5.32 Å². The molecule has 0 bridgehead atoms. The second kappa shape index (κ2) is 10.1. The van der Waals surface area contributed by atoms with Crippen LogP contribution in [0.1, 0.15) is 53.5 Å². The maximum Gasteiger partial charge on any atom is 0.408 e. The molecule has 1 amide bonds. The van der Waals surface area contributed by atoms with Gasteiger partial charge in [-0.3, -0.25) is 14.4 Å². The van der Waals surface area contributed by atoms with Gasteiger partial charge in [-0.05, 0) is 57.2 Å². The van der Waals surface area contributed by atoms with E-state index < -0.39 is 46.7 Å². The Hall–Kier alpha value is -3.68. The molecule has 0 radical (unpaired) electrons. The van der Waals surface area contributed by atoms with Crippen molar-refractivity contribution < 1.29 is 33.4 Å². The van der Waals surface area contributed by atoms with Crippen molar-refractivity contribution in [2.24, 2.45) is 5.41 Å². The van der Waals surface area contributed by atoms with Gasteiger partial charge in [0.05, 0.1) is 6.04 Å². The average molecular weight is 496 g/mol. The van der Waals surface area contributed by atoms with Gasteiger partial charge in [-0.1, -0.05) is 54.6 Å². The number of alkyl carbamates (subject to hydrolysis) is 1. The molecule has 1 N–H and O–H groups in total. The minimum atomic E-state index is -2.22. The molecule has 0 spiro atoms. The first-order chi connectivity index (χ1) is 16.7. The molecule has 1 fully saturated rings. The molecule has 1 aliphatic rings. The van der Waals surface area contributed by atoms with Gasteiger partial charge < -0.3 is 19.5 Å². The second-order valence-electron chi connectivity index (χ2n) is 10.5. The summed E-state index contributed by atoms with van der Waals surface area (Å²) in [6, 6.07) is 16.5. The quantitative estimate of drug-likeness (QED) is 0.442. The number of hydrogen-bond acceptors (Lipinski definition) is 7. The van der Waals surface area contributed by atoms with Crippen LogP contribution in [0, 0.1) is 5.41 Å². The van der Waals surface area contributed by atoms with E-state index in [0.29, 0.717) is 6.42 Å². The van der Waals surface area contributed by atoms with Crippen LogP contribution in [0.4, 0.5) is 4.79 Å². The third-order valence-corrected chi connectivity index (χ3v) is 5.78. The van der Waals surface area contributed by atoms with Gasteiger partial charge in [-0.25, -0.2) is 4.79 Å². The van der Waals surface area contributed by atoms with Crippen LogP contribution in [0.3, 0.4) is 0 Å². The smallest absolute Gasteiger partial charge is 0.408 e. The number of rotatable bonds is 7. The van der Waals surface area contributed by atoms with Gasteiger partial charge in [0.1, 0.15) is 5.60 Å². The number of benzene rings is 2. The molecule has 2 aromatic rings. The highest BCUT2D eigenvalue weighted by Gasteiger charge is 2.59. The summed E-state index contributed by atoms with van der Waals surface area (Å²) in [5.74, 6) is -4.34.